The number of rotatable bonds is 3. The third-order valence-corrected chi connectivity index (χ3v) is 2.93. The number of ketones is 1. The van der Waals surface area contributed by atoms with Crippen LogP contribution >= 0.6 is 0 Å². The van der Waals surface area contributed by atoms with E-state index in [2.05, 4.69) is 15.3 Å². The first-order valence-corrected chi connectivity index (χ1v) is 6.19. The first-order valence-electron chi connectivity index (χ1n) is 6.19. The average Bonchev–Trinajstić information content (AvgIpc) is 2.97. The number of pyridine rings is 1. The maximum absolute atomic E-state index is 12.5. The van der Waals surface area contributed by atoms with Gasteiger partial charge in [-0.05, 0) is 36.8 Å². The monoisotopic (exact) mass is 264 g/mol. The molecule has 0 N–H and O–H groups in total. The van der Waals surface area contributed by atoms with Crippen molar-refractivity contribution in [2.45, 2.75) is 6.92 Å². The second-order valence-electron chi connectivity index (χ2n) is 4.41. The zero-order valence-corrected chi connectivity index (χ0v) is 10.9. The van der Waals surface area contributed by atoms with E-state index in [-0.39, 0.29) is 5.78 Å². The van der Waals surface area contributed by atoms with Crippen molar-refractivity contribution >= 4 is 5.78 Å². The number of benzene rings is 1. The molecule has 2 aromatic heterocycles. The number of aryl methyl sites for hydroxylation is 1. The quantitative estimate of drug-likeness (QED) is 0.680. The molecule has 0 spiro atoms. The van der Waals surface area contributed by atoms with E-state index in [9.17, 15) is 4.79 Å². The Labute approximate surface area is 115 Å². The van der Waals surface area contributed by atoms with Gasteiger partial charge in [-0.25, -0.2) is 4.68 Å². The van der Waals surface area contributed by atoms with Crippen molar-refractivity contribution in [2.75, 3.05) is 0 Å². The Balaban J connectivity index is 2.04. The largest absolute Gasteiger partial charge is 0.285 e. The van der Waals surface area contributed by atoms with Gasteiger partial charge in [0.05, 0.1) is 11.9 Å². The molecule has 0 amide bonds. The summed E-state index contributed by atoms with van der Waals surface area (Å²) in [4.78, 5) is 16.6. The summed E-state index contributed by atoms with van der Waals surface area (Å²) in [7, 11) is 0. The lowest BCUT2D eigenvalue weighted by atomic mass is 10.1. The second-order valence-corrected chi connectivity index (χ2v) is 4.41. The van der Waals surface area contributed by atoms with Crippen molar-refractivity contribution in [1.82, 2.24) is 20.0 Å². The molecular formula is C15H12N4O. The van der Waals surface area contributed by atoms with Crippen LogP contribution in [0.25, 0.3) is 5.69 Å². The molecule has 0 aliphatic heterocycles. The maximum Gasteiger partial charge on any atom is 0.231 e. The first-order chi connectivity index (χ1) is 9.75. The summed E-state index contributed by atoms with van der Waals surface area (Å²) in [5.74, 6) is -0.192. The fraction of sp³-hybridized carbons (Fsp3) is 0.0667. The fourth-order valence-corrected chi connectivity index (χ4v) is 1.94. The van der Waals surface area contributed by atoms with Crippen molar-refractivity contribution in [3.8, 4) is 5.69 Å². The summed E-state index contributed by atoms with van der Waals surface area (Å²) in [6.07, 6.45) is 3.08. The highest BCUT2D eigenvalue weighted by molar-refractivity contribution is 6.06. The van der Waals surface area contributed by atoms with E-state index in [0.29, 0.717) is 11.4 Å². The van der Waals surface area contributed by atoms with E-state index in [1.807, 2.05) is 43.3 Å². The van der Waals surface area contributed by atoms with Crippen LogP contribution < -0.4 is 0 Å². The first kappa shape index (κ1) is 12.2. The maximum atomic E-state index is 12.5. The van der Waals surface area contributed by atoms with Gasteiger partial charge in [0, 0.05) is 6.20 Å². The van der Waals surface area contributed by atoms with Crippen LogP contribution in [0.15, 0.2) is 54.9 Å². The molecule has 20 heavy (non-hydrogen) atoms. The third kappa shape index (κ3) is 2.21. The summed E-state index contributed by atoms with van der Waals surface area (Å²) in [5, 5.41) is 7.81. The minimum absolute atomic E-state index is 0.192. The summed E-state index contributed by atoms with van der Waals surface area (Å²) in [6.45, 7) is 1.92. The summed E-state index contributed by atoms with van der Waals surface area (Å²) >= 11 is 0. The van der Waals surface area contributed by atoms with Gasteiger partial charge in [0.15, 0.2) is 0 Å². The Morgan fingerprint density at radius 1 is 1.15 bits per heavy atom. The Hall–Kier alpha value is -2.82. The Morgan fingerprint density at radius 3 is 2.70 bits per heavy atom. The van der Waals surface area contributed by atoms with Crippen LogP contribution in [-0.2, 0) is 0 Å². The number of hydrogen-bond acceptors (Lipinski definition) is 4. The zero-order chi connectivity index (χ0) is 13.9. The second kappa shape index (κ2) is 5.05. The summed E-state index contributed by atoms with van der Waals surface area (Å²) in [6, 6.07) is 13.0. The molecule has 0 unspecified atom stereocenters. The fourth-order valence-electron chi connectivity index (χ4n) is 1.94. The molecule has 0 aliphatic rings. The highest BCUT2D eigenvalue weighted by Gasteiger charge is 2.17. The number of carbonyl (C=O) groups excluding carboxylic acids is 1. The van der Waals surface area contributed by atoms with Crippen molar-refractivity contribution in [3.05, 3.63) is 71.8 Å². The van der Waals surface area contributed by atoms with E-state index in [1.54, 1.807) is 12.3 Å². The van der Waals surface area contributed by atoms with Gasteiger partial charge in [-0.2, -0.15) is 0 Å². The van der Waals surface area contributed by atoms with Gasteiger partial charge in [-0.1, -0.05) is 23.4 Å². The lowest BCUT2D eigenvalue weighted by molar-refractivity contribution is 0.102. The molecule has 0 bridgehead atoms. The number of aromatic nitrogens is 4. The molecule has 3 aromatic rings. The van der Waals surface area contributed by atoms with E-state index in [4.69, 9.17) is 0 Å². The molecule has 0 radical (unpaired) electrons. The van der Waals surface area contributed by atoms with Gasteiger partial charge < -0.3 is 0 Å². The van der Waals surface area contributed by atoms with E-state index >= 15 is 0 Å². The minimum Gasteiger partial charge on any atom is -0.285 e. The Morgan fingerprint density at radius 2 is 1.95 bits per heavy atom. The standard InChI is InChI=1S/C15H12N4O/c1-11-7-8-16-13(9-11)15(20)14-10-17-18-19(14)12-5-3-2-4-6-12/h2-10H,1H3. The van der Waals surface area contributed by atoms with Gasteiger partial charge >= 0.3 is 0 Å². The van der Waals surface area contributed by atoms with Crippen molar-refractivity contribution in [3.63, 3.8) is 0 Å². The molecule has 0 saturated carbocycles. The van der Waals surface area contributed by atoms with E-state index in [0.717, 1.165) is 11.3 Å². The minimum atomic E-state index is -0.192. The van der Waals surface area contributed by atoms with Crippen LogP contribution in [0.4, 0.5) is 0 Å². The highest BCUT2D eigenvalue weighted by atomic mass is 16.1. The molecule has 98 valence electrons. The zero-order valence-electron chi connectivity index (χ0n) is 10.9. The van der Waals surface area contributed by atoms with Crippen LogP contribution in [0, 0.1) is 6.92 Å². The number of para-hydroxylation sites is 1. The molecule has 2 heterocycles. The van der Waals surface area contributed by atoms with E-state index in [1.165, 1.54) is 10.9 Å². The van der Waals surface area contributed by atoms with Crippen LogP contribution in [0.3, 0.4) is 0 Å². The molecule has 0 aliphatic carbocycles. The van der Waals surface area contributed by atoms with Gasteiger partial charge in [0.1, 0.15) is 11.4 Å². The van der Waals surface area contributed by atoms with Crippen molar-refractivity contribution < 1.29 is 4.79 Å². The van der Waals surface area contributed by atoms with Gasteiger partial charge in [-0.15, -0.1) is 5.10 Å². The number of nitrogens with zero attached hydrogens (tertiary/aromatic N) is 4. The van der Waals surface area contributed by atoms with Crippen molar-refractivity contribution in [1.29, 1.82) is 0 Å². The smallest absolute Gasteiger partial charge is 0.231 e. The van der Waals surface area contributed by atoms with Gasteiger partial charge in [0.25, 0.3) is 0 Å². The Kier molecular flexibility index (Phi) is 3.09. The third-order valence-electron chi connectivity index (χ3n) is 2.93. The molecule has 3 rings (SSSR count). The summed E-state index contributed by atoms with van der Waals surface area (Å²) in [5.41, 5.74) is 2.57. The van der Waals surface area contributed by atoms with Crippen LogP contribution in [0.5, 0.6) is 0 Å². The molecule has 1 aromatic carbocycles. The lowest BCUT2D eigenvalue weighted by Crippen LogP contribution is -2.11. The van der Waals surface area contributed by atoms with E-state index < -0.39 is 0 Å². The van der Waals surface area contributed by atoms with Crippen LogP contribution in [0.2, 0.25) is 0 Å². The average molecular weight is 264 g/mol. The number of hydrogen-bond donors (Lipinski definition) is 0. The predicted molar refractivity (Wildman–Crippen MR) is 73.8 cm³/mol. The molecule has 0 atom stereocenters. The van der Waals surface area contributed by atoms with Crippen molar-refractivity contribution in [2.24, 2.45) is 0 Å². The Bertz CT molecular complexity index is 749. The van der Waals surface area contributed by atoms with Crippen LogP contribution in [0.1, 0.15) is 21.7 Å². The lowest BCUT2D eigenvalue weighted by Gasteiger charge is -2.05. The molecular weight excluding hydrogens is 252 g/mol. The normalized spacial score (nSPS) is 10.4. The molecule has 0 fully saturated rings. The molecule has 5 nitrogen and oxygen atoms in total. The molecule has 0 saturated heterocycles. The van der Waals surface area contributed by atoms with Gasteiger partial charge in [0.2, 0.25) is 5.78 Å². The number of carbonyl (C=O) groups is 1. The summed E-state index contributed by atoms with van der Waals surface area (Å²) < 4.78 is 1.52. The predicted octanol–water partition coefficient (Wildman–Crippen LogP) is 2.20. The highest BCUT2D eigenvalue weighted by Crippen LogP contribution is 2.12. The van der Waals surface area contributed by atoms with Crippen LogP contribution in [-0.4, -0.2) is 25.8 Å². The molecule has 5 heteroatoms. The SMILES string of the molecule is Cc1ccnc(C(=O)c2cnnn2-c2ccccc2)c1. The topological polar surface area (TPSA) is 60.7 Å². The van der Waals surface area contributed by atoms with Gasteiger partial charge in [-0.3, -0.25) is 9.78 Å².